The molecule has 0 aliphatic rings. The number of halogens is 2. The number of rotatable bonds is 8. The summed E-state index contributed by atoms with van der Waals surface area (Å²) in [5, 5.41) is 8.36. The molecule has 0 saturated carbocycles. The van der Waals surface area contributed by atoms with E-state index in [9.17, 15) is 12.8 Å². The van der Waals surface area contributed by atoms with E-state index in [4.69, 9.17) is 16.7 Å². The van der Waals surface area contributed by atoms with E-state index in [1.165, 1.54) is 30.0 Å². The lowest BCUT2D eigenvalue weighted by Gasteiger charge is -2.08. The first-order valence-electron chi connectivity index (χ1n) is 5.61. The van der Waals surface area contributed by atoms with E-state index in [0.717, 1.165) is 5.75 Å². The molecule has 0 aliphatic carbocycles. The highest BCUT2D eigenvalue weighted by molar-refractivity contribution is 7.99. The van der Waals surface area contributed by atoms with Gasteiger partial charge in [0.25, 0.3) is 0 Å². The molecular formula is C11H15ClFNO3S2. The molecule has 0 fully saturated rings. The van der Waals surface area contributed by atoms with Crippen LogP contribution < -0.4 is 4.72 Å². The van der Waals surface area contributed by atoms with E-state index in [-0.39, 0.29) is 18.2 Å². The average Bonchev–Trinajstić information content (AvgIpc) is 2.36. The van der Waals surface area contributed by atoms with Crippen LogP contribution in [0, 0.1) is 5.82 Å². The van der Waals surface area contributed by atoms with Gasteiger partial charge in [0.2, 0.25) is 10.0 Å². The van der Waals surface area contributed by atoms with Crippen molar-refractivity contribution in [2.75, 3.05) is 24.7 Å². The molecule has 1 rings (SSSR count). The van der Waals surface area contributed by atoms with E-state index in [1.54, 1.807) is 0 Å². The van der Waals surface area contributed by atoms with Crippen LogP contribution >= 0.6 is 23.4 Å². The van der Waals surface area contributed by atoms with E-state index in [2.05, 4.69) is 4.72 Å². The lowest BCUT2D eigenvalue weighted by atomic mass is 10.3. The van der Waals surface area contributed by atoms with Gasteiger partial charge in [-0.2, -0.15) is 11.8 Å². The molecule has 8 heteroatoms. The van der Waals surface area contributed by atoms with E-state index >= 15 is 0 Å². The zero-order valence-electron chi connectivity index (χ0n) is 10.1. The number of nitrogens with one attached hydrogen (secondary N) is 1. The molecule has 1 aromatic carbocycles. The van der Waals surface area contributed by atoms with Gasteiger partial charge in [-0.05, 0) is 24.3 Å². The number of aliphatic hydroxyl groups excluding tert-OH is 1. The fraction of sp³-hybridized carbons (Fsp3) is 0.455. The molecule has 0 aromatic heterocycles. The fourth-order valence-electron chi connectivity index (χ4n) is 1.29. The van der Waals surface area contributed by atoms with E-state index in [1.807, 2.05) is 0 Å². The molecule has 1 aromatic rings. The summed E-state index contributed by atoms with van der Waals surface area (Å²) in [6.45, 7) is 0.316. The molecule has 0 unspecified atom stereocenters. The standard InChI is InChI=1S/C11H15ClFNO3S2/c12-9-3-1-4-10(11(9)13)19(16,17)14-5-8-18-7-2-6-15/h1,3-4,14-15H,2,5-8H2. The first-order chi connectivity index (χ1) is 8.99. The van der Waals surface area contributed by atoms with Crippen molar-refractivity contribution in [2.45, 2.75) is 11.3 Å². The molecule has 0 atom stereocenters. The first-order valence-corrected chi connectivity index (χ1v) is 8.63. The minimum Gasteiger partial charge on any atom is -0.396 e. The van der Waals surface area contributed by atoms with Crippen molar-refractivity contribution in [3.63, 3.8) is 0 Å². The Morgan fingerprint density at radius 3 is 2.79 bits per heavy atom. The highest BCUT2D eigenvalue weighted by Gasteiger charge is 2.19. The van der Waals surface area contributed by atoms with Crippen LogP contribution in [0.15, 0.2) is 23.1 Å². The van der Waals surface area contributed by atoms with Gasteiger partial charge >= 0.3 is 0 Å². The topological polar surface area (TPSA) is 66.4 Å². The molecule has 0 amide bonds. The summed E-state index contributed by atoms with van der Waals surface area (Å²) in [4.78, 5) is -0.444. The van der Waals surface area contributed by atoms with Gasteiger partial charge in [-0.1, -0.05) is 17.7 Å². The highest BCUT2D eigenvalue weighted by atomic mass is 35.5. The van der Waals surface area contributed by atoms with Crippen LogP contribution in [-0.4, -0.2) is 38.2 Å². The quantitative estimate of drug-likeness (QED) is 0.715. The van der Waals surface area contributed by atoms with Crippen molar-refractivity contribution >= 4 is 33.4 Å². The Balaban J connectivity index is 2.54. The van der Waals surface area contributed by atoms with E-state index in [0.29, 0.717) is 12.2 Å². The Morgan fingerprint density at radius 1 is 1.37 bits per heavy atom. The molecule has 0 heterocycles. The van der Waals surface area contributed by atoms with Crippen molar-refractivity contribution in [3.05, 3.63) is 29.0 Å². The highest BCUT2D eigenvalue weighted by Crippen LogP contribution is 2.21. The monoisotopic (exact) mass is 327 g/mol. The van der Waals surface area contributed by atoms with Crippen LogP contribution in [-0.2, 0) is 10.0 Å². The van der Waals surface area contributed by atoms with Crippen molar-refractivity contribution in [1.82, 2.24) is 4.72 Å². The van der Waals surface area contributed by atoms with Gasteiger partial charge in [0, 0.05) is 18.9 Å². The van der Waals surface area contributed by atoms with Crippen molar-refractivity contribution in [2.24, 2.45) is 0 Å². The van der Waals surface area contributed by atoms with Crippen molar-refractivity contribution in [3.8, 4) is 0 Å². The van der Waals surface area contributed by atoms with Crippen LogP contribution in [0.25, 0.3) is 0 Å². The third-order valence-corrected chi connectivity index (χ3v) is 5.03. The van der Waals surface area contributed by atoms with Crippen molar-refractivity contribution in [1.29, 1.82) is 0 Å². The molecule has 0 saturated heterocycles. The third kappa shape index (κ3) is 5.27. The fourth-order valence-corrected chi connectivity index (χ4v) is 3.56. The summed E-state index contributed by atoms with van der Waals surface area (Å²) >= 11 is 7.06. The molecule has 0 spiro atoms. The van der Waals surface area contributed by atoms with Gasteiger partial charge in [0.1, 0.15) is 4.90 Å². The Labute approximate surface area is 121 Å². The molecule has 108 valence electrons. The number of benzene rings is 1. The maximum absolute atomic E-state index is 13.6. The summed E-state index contributed by atoms with van der Waals surface area (Å²) in [5.41, 5.74) is 0. The van der Waals surface area contributed by atoms with Crippen molar-refractivity contribution < 1.29 is 17.9 Å². The second-order valence-corrected chi connectivity index (χ2v) is 7.01. The van der Waals surface area contributed by atoms with Crippen LogP contribution in [0.2, 0.25) is 5.02 Å². The Bertz CT molecular complexity index is 511. The SMILES string of the molecule is O=S(=O)(NCCSCCCO)c1cccc(Cl)c1F. The van der Waals surface area contributed by atoms with Crippen LogP contribution in [0.3, 0.4) is 0 Å². The van der Waals surface area contributed by atoms with Gasteiger partial charge < -0.3 is 5.11 Å². The normalized spacial score (nSPS) is 11.7. The maximum Gasteiger partial charge on any atom is 0.243 e. The molecule has 19 heavy (non-hydrogen) atoms. The molecule has 0 bridgehead atoms. The smallest absolute Gasteiger partial charge is 0.243 e. The average molecular weight is 328 g/mol. The minimum atomic E-state index is -3.88. The first kappa shape index (κ1) is 16.7. The summed E-state index contributed by atoms with van der Waals surface area (Å²) in [5.74, 6) is 0.370. The van der Waals surface area contributed by atoms with Crippen LogP contribution in [0.4, 0.5) is 4.39 Å². The largest absolute Gasteiger partial charge is 0.396 e. The predicted molar refractivity (Wildman–Crippen MR) is 75.6 cm³/mol. The number of thioether (sulfide) groups is 1. The molecule has 0 radical (unpaired) electrons. The predicted octanol–water partition coefficient (Wildman–Crippen LogP) is 1.87. The summed E-state index contributed by atoms with van der Waals surface area (Å²) in [7, 11) is -3.88. The molecule has 2 N–H and O–H groups in total. The lowest BCUT2D eigenvalue weighted by molar-refractivity contribution is 0.296. The molecule has 0 aliphatic heterocycles. The van der Waals surface area contributed by atoms with Gasteiger partial charge in [-0.25, -0.2) is 17.5 Å². The van der Waals surface area contributed by atoms with Gasteiger partial charge in [0.05, 0.1) is 5.02 Å². The van der Waals surface area contributed by atoms with Crippen LogP contribution in [0.1, 0.15) is 6.42 Å². The summed E-state index contributed by atoms with van der Waals surface area (Å²) in [6.07, 6.45) is 0.667. The summed E-state index contributed by atoms with van der Waals surface area (Å²) in [6, 6.07) is 3.85. The number of aliphatic hydroxyl groups is 1. The zero-order valence-corrected chi connectivity index (χ0v) is 12.5. The zero-order chi connectivity index (χ0) is 14.3. The minimum absolute atomic E-state index is 0.118. The van der Waals surface area contributed by atoms with Crippen LogP contribution in [0.5, 0.6) is 0 Å². The second kappa shape index (κ2) is 8.06. The Morgan fingerprint density at radius 2 is 2.11 bits per heavy atom. The lowest BCUT2D eigenvalue weighted by Crippen LogP contribution is -2.27. The second-order valence-electron chi connectivity index (χ2n) is 3.64. The molecular weight excluding hydrogens is 313 g/mol. The Kier molecular flexibility index (Phi) is 7.09. The third-order valence-electron chi connectivity index (χ3n) is 2.19. The Hall–Kier alpha value is -0.340. The van der Waals surface area contributed by atoms with Gasteiger partial charge in [-0.3, -0.25) is 0 Å². The van der Waals surface area contributed by atoms with Gasteiger partial charge in [0.15, 0.2) is 5.82 Å². The number of sulfonamides is 1. The number of hydrogen-bond donors (Lipinski definition) is 2. The van der Waals surface area contributed by atoms with E-state index < -0.39 is 20.7 Å². The number of hydrogen-bond acceptors (Lipinski definition) is 4. The molecule has 4 nitrogen and oxygen atoms in total. The van der Waals surface area contributed by atoms with Gasteiger partial charge in [-0.15, -0.1) is 0 Å². The summed E-state index contributed by atoms with van der Waals surface area (Å²) < 4.78 is 39.6. The maximum atomic E-state index is 13.6.